The van der Waals surface area contributed by atoms with Crippen molar-refractivity contribution in [2.45, 2.75) is 31.2 Å². The van der Waals surface area contributed by atoms with Gasteiger partial charge in [-0.3, -0.25) is 4.98 Å². The van der Waals surface area contributed by atoms with E-state index in [2.05, 4.69) is 10.3 Å². The first-order valence-corrected chi connectivity index (χ1v) is 5.78. The van der Waals surface area contributed by atoms with Crippen LogP contribution < -0.4 is 5.32 Å². The van der Waals surface area contributed by atoms with E-state index in [9.17, 15) is 8.78 Å². The van der Waals surface area contributed by atoms with Gasteiger partial charge < -0.3 is 10.4 Å². The van der Waals surface area contributed by atoms with Gasteiger partial charge in [-0.2, -0.15) is 0 Å². The molecule has 0 amide bonds. The number of hydrogen-bond acceptors (Lipinski definition) is 3. The second-order valence-electron chi connectivity index (χ2n) is 4.39. The van der Waals surface area contributed by atoms with Crippen LogP contribution in [0.15, 0.2) is 18.3 Å². The largest absolute Gasteiger partial charge is 0.390 e. The van der Waals surface area contributed by atoms with Gasteiger partial charge >= 0.3 is 0 Å². The molecule has 1 aromatic heterocycles. The SMILES string of the molecule is OCC(F)(F)CNC1CCCc2cccnc21. The van der Waals surface area contributed by atoms with Crippen LogP contribution in [0.2, 0.25) is 0 Å². The standard InChI is InChI=1S/C12H16F2N2O/c13-12(14,8-17)7-16-10-5-1-3-9-4-2-6-15-11(9)10/h2,4,6,10,16-17H,1,3,5,7-8H2. The van der Waals surface area contributed by atoms with E-state index >= 15 is 0 Å². The summed E-state index contributed by atoms with van der Waals surface area (Å²) in [5, 5.41) is 11.3. The second kappa shape index (κ2) is 5.06. The number of aliphatic hydroxyl groups excluding tert-OH is 1. The summed E-state index contributed by atoms with van der Waals surface area (Å²) in [4.78, 5) is 4.26. The molecule has 0 spiro atoms. The lowest BCUT2D eigenvalue weighted by Gasteiger charge is -2.26. The number of aliphatic hydroxyl groups is 1. The summed E-state index contributed by atoms with van der Waals surface area (Å²) in [6.07, 6.45) is 4.42. The number of nitrogens with one attached hydrogen (secondary N) is 1. The highest BCUT2D eigenvalue weighted by atomic mass is 19.3. The molecule has 0 fully saturated rings. The van der Waals surface area contributed by atoms with Crippen molar-refractivity contribution in [2.75, 3.05) is 13.2 Å². The number of nitrogens with zero attached hydrogens (tertiary/aromatic N) is 1. The van der Waals surface area contributed by atoms with Crippen molar-refractivity contribution in [1.82, 2.24) is 10.3 Å². The molecule has 5 heteroatoms. The fourth-order valence-corrected chi connectivity index (χ4v) is 2.14. The fourth-order valence-electron chi connectivity index (χ4n) is 2.14. The summed E-state index contributed by atoms with van der Waals surface area (Å²) in [7, 11) is 0. The molecule has 1 atom stereocenters. The van der Waals surface area contributed by atoms with Crippen LogP contribution in [0.25, 0.3) is 0 Å². The zero-order chi connectivity index (χ0) is 12.3. The molecule has 1 aliphatic carbocycles. The molecule has 0 radical (unpaired) electrons. The normalized spacial score (nSPS) is 20.1. The predicted molar refractivity (Wildman–Crippen MR) is 60.0 cm³/mol. The molecule has 0 aromatic carbocycles. The maximum absolute atomic E-state index is 13.0. The van der Waals surface area contributed by atoms with E-state index in [1.54, 1.807) is 6.20 Å². The van der Waals surface area contributed by atoms with Crippen LogP contribution in [0.1, 0.15) is 30.1 Å². The van der Waals surface area contributed by atoms with E-state index in [1.807, 2.05) is 12.1 Å². The Morgan fingerprint density at radius 1 is 1.53 bits per heavy atom. The topological polar surface area (TPSA) is 45.1 Å². The summed E-state index contributed by atoms with van der Waals surface area (Å²) >= 11 is 0. The van der Waals surface area contributed by atoms with Gasteiger partial charge in [0.15, 0.2) is 0 Å². The highest BCUT2D eigenvalue weighted by Crippen LogP contribution is 2.28. The summed E-state index contributed by atoms with van der Waals surface area (Å²) in [5.41, 5.74) is 2.00. The lowest BCUT2D eigenvalue weighted by molar-refractivity contribution is -0.0497. The minimum absolute atomic E-state index is 0.127. The molecule has 0 bridgehead atoms. The Balaban J connectivity index is 2.04. The van der Waals surface area contributed by atoms with Crippen LogP contribution in [-0.2, 0) is 6.42 Å². The molecule has 2 rings (SSSR count). The van der Waals surface area contributed by atoms with Crippen LogP contribution in [0, 0.1) is 0 Å². The molecule has 1 aliphatic rings. The van der Waals surface area contributed by atoms with Gasteiger partial charge in [-0.15, -0.1) is 0 Å². The molecule has 1 aromatic rings. The van der Waals surface area contributed by atoms with Crippen molar-refractivity contribution < 1.29 is 13.9 Å². The Kier molecular flexibility index (Phi) is 3.69. The third-order valence-corrected chi connectivity index (χ3v) is 3.03. The van der Waals surface area contributed by atoms with Gasteiger partial charge in [0.2, 0.25) is 0 Å². The van der Waals surface area contributed by atoms with Crippen molar-refractivity contribution in [2.24, 2.45) is 0 Å². The average Bonchev–Trinajstić information content (AvgIpc) is 2.36. The van der Waals surface area contributed by atoms with Crippen LogP contribution in [-0.4, -0.2) is 29.2 Å². The first kappa shape index (κ1) is 12.4. The number of aryl methyl sites for hydroxylation is 1. The van der Waals surface area contributed by atoms with Gasteiger partial charge in [0.25, 0.3) is 5.92 Å². The maximum atomic E-state index is 13.0. The van der Waals surface area contributed by atoms with E-state index in [4.69, 9.17) is 5.11 Å². The Hall–Kier alpha value is -1.07. The van der Waals surface area contributed by atoms with E-state index in [1.165, 1.54) is 0 Å². The van der Waals surface area contributed by atoms with Crippen LogP contribution >= 0.6 is 0 Å². The quantitative estimate of drug-likeness (QED) is 0.844. The van der Waals surface area contributed by atoms with Crippen LogP contribution in [0.5, 0.6) is 0 Å². The molecule has 0 saturated carbocycles. The molecule has 3 nitrogen and oxygen atoms in total. The third-order valence-electron chi connectivity index (χ3n) is 3.03. The highest BCUT2D eigenvalue weighted by molar-refractivity contribution is 5.25. The third kappa shape index (κ3) is 2.98. The van der Waals surface area contributed by atoms with Crippen molar-refractivity contribution >= 4 is 0 Å². The van der Waals surface area contributed by atoms with Crippen molar-refractivity contribution in [1.29, 1.82) is 0 Å². The Morgan fingerprint density at radius 3 is 3.12 bits per heavy atom. The molecule has 2 N–H and O–H groups in total. The van der Waals surface area contributed by atoms with Crippen molar-refractivity contribution in [3.8, 4) is 0 Å². The van der Waals surface area contributed by atoms with Crippen molar-refractivity contribution in [3.05, 3.63) is 29.6 Å². The molecule has 1 unspecified atom stereocenters. The maximum Gasteiger partial charge on any atom is 0.282 e. The smallest absolute Gasteiger partial charge is 0.282 e. The average molecular weight is 242 g/mol. The van der Waals surface area contributed by atoms with E-state index in [-0.39, 0.29) is 6.04 Å². The Bertz CT molecular complexity index is 385. The molecule has 17 heavy (non-hydrogen) atoms. The molecule has 94 valence electrons. The number of fused-ring (bicyclic) bond motifs is 1. The van der Waals surface area contributed by atoms with E-state index in [0.717, 1.165) is 30.5 Å². The number of rotatable bonds is 4. The number of alkyl halides is 2. The van der Waals surface area contributed by atoms with Crippen LogP contribution in [0.4, 0.5) is 8.78 Å². The monoisotopic (exact) mass is 242 g/mol. The minimum atomic E-state index is -3.06. The number of hydrogen-bond donors (Lipinski definition) is 2. The molecule has 0 saturated heterocycles. The number of pyridine rings is 1. The fraction of sp³-hybridized carbons (Fsp3) is 0.583. The Morgan fingerprint density at radius 2 is 2.35 bits per heavy atom. The summed E-state index contributed by atoms with van der Waals surface area (Å²) < 4.78 is 25.9. The zero-order valence-corrected chi connectivity index (χ0v) is 9.50. The molecular formula is C12H16F2N2O. The van der Waals surface area contributed by atoms with Gasteiger partial charge in [-0.05, 0) is 30.9 Å². The lowest BCUT2D eigenvalue weighted by Crippen LogP contribution is -2.39. The molecule has 1 heterocycles. The van der Waals surface area contributed by atoms with Crippen LogP contribution in [0.3, 0.4) is 0 Å². The van der Waals surface area contributed by atoms with Gasteiger partial charge in [0.1, 0.15) is 6.61 Å². The lowest BCUT2D eigenvalue weighted by atomic mass is 9.92. The minimum Gasteiger partial charge on any atom is -0.390 e. The predicted octanol–water partition coefficient (Wildman–Crippen LogP) is 1.68. The van der Waals surface area contributed by atoms with Gasteiger partial charge in [-0.25, -0.2) is 8.78 Å². The zero-order valence-electron chi connectivity index (χ0n) is 9.50. The van der Waals surface area contributed by atoms with Gasteiger partial charge in [0, 0.05) is 12.2 Å². The van der Waals surface area contributed by atoms with Gasteiger partial charge in [0.05, 0.1) is 12.2 Å². The summed E-state index contributed by atoms with van der Waals surface area (Å²) in [6, 6.07) is 3.72. The molecule has 0 aliphatic heterocycles. The molecular weight excluding hydrogens is 226 g/mol. The van der Waals surface area contributed by atoms with Crippen molar-refractivity contribution in [3.63, 3.8) is 0 Å². The highest BCUT2D eigenvalue weighted by Gasteiger charge is 2.30. The summed E-state index contributed by atoms with van der Waals surface area (Å²) in [6.45, 7) is -1.63. The van der Waals surface area contributed by atoms with E-state index < -0.39 is 19.1 Å². The van der Waals surface area contributed by atoms with Gasteiger partial charge in [-0.1, -0.05) is 6.07 Å². The summed E-state index contributed by atoms with van der Waals surface area (Å²) in [5.74, 6) is -3.06. The van der Waals surface area contributed by atoms with E-state index in [0.29, 0.717) is 0 Å². The second-order valence-corrected chi connectivity index (χ2v) is 4.39. The Labute approximate surface area is 98.9 Å². The number of aromatic nitrogens is 1. The first-order valence-electron chi connectivity index (χ1n) is 5.78. The number of halogens is 2. The first-order chi connectivity index (χ1) is 8.12.